The Bertz CT molecular complexity index is 595. The normalized spacial score (nSPS) is 10.8. The van der Waals surface area contributed by atoms with Gasteiger partial charge in [-0.2, -0.15) is 0 Å². The first-order valence-corrected chi connectivity index (χ1v) is 6.06. The second-order valence-electron chi connectivity index (χ2n) is 4.01. The molecule has 4 nitrogen and oxygen atoms in total. The number of nitrogens with zero attached hydrogens (tertiary/aromatic N) is 2. The Kier molecular flexibility index (Phi) is 3.11. The average molecular weight is 296 g/mol. The van der Waals surface area contributed by atoms with Crippen LogP contribution in [0.25, 0.3) is 0 Å². The fourth-order valence-corrected chi connectivity index (χ4v) is 1.99. The van der Waals surface area contributed by atoms with Crippen molar-refractivity contribution in [3.8, 4) is 0 Å². The molecule has 1 heterocycles. The van der Waals surface area contributed by atoms with Gasteiger partial charge in [-0.1, -0.05) is 28.1 Å². The van der Waals surface area contributed by atoms with E-state index >= 15 is 0 Å². The molecule has 1 aromatic carbocycles. The molecule has 0 saturated carbocycles. The Balaban J connectivity index is 2.40. The number of hydrogen-bond acceptors (Lipinski definition) is 2. The van der Waals surface area contributed by atoms with Crippen molar-refractivity contribution >= 4 is 21.6 Å². The minimum absolute atomic E-state index is 0.132. The van der Waals surface area contributed by atoms with E-state index in [-0.39, 0.29) is 5.56 Å². The maximum absolute atomic E-state index is 11.9. The summed E-state index contributed by atoms with van der Waals surface area (Å²) in [4.78, 5) is 11.9. The highest BCUT2D eigenvalue weighted by Crippen LogP contribution is 2.12. The number of anilines is 1. The quantitative estimate of drug-likeness (QED) is 0.920. The van der Waals surface area contributed by atoms with Gasteiger partial charge in [-0.15, -0.1) is 0 Å². The van der Waals surface area contributed by atoms with Crippen LogP contribution in [-0.4, -0.2) is 9.36 Å². The molecule has 1 aromatic heterocycles. The molecular formula is C12H14BrN3O. The van der Waals surface area contributed by atoms with Crippen LogP contribution in [0.2, 0.25) is 0 Å². The van der Waals surface area contributed by atoms with Crippen molar-refractivity contribution in [1.29, 1.82) is 0 Å². The minimum atomic E-state index is -0.132. The molecule has 0 atom stereocenters. The van der Waals surface area contributed by atoms with E-state index < -0.39 is 0 Å². The van der Waals surface area contributed by atoms with E-state index in [1.807, 2.05) is 38.2 Å². The topological polar surface area (TPSA) is 53.0 Å². The fourth-order valence-electron chi connectivity index (χ4n) is 1.73. The summed E-state index contributed by atoms with van der Waals surface area (Å²) in [6.07, 6.45) is 0. The molecule has 90 valence electrons. The van der Waals surface area contributed by atoms with Crippen LogP contribution in [0, 0.1) is 6.92 Å². The van der Waals surface area contributed by atoms with Crippen LogP contribution in [0.15, 0.2) is 33.5 Å². The molecule has 0 aliphatic rings. The van der Waals surface area contributed by atoms with Gasteiger partial charge in [0.2, 0.25) is 0 Å². The van der Waals surface area contributed by atoms with E-state index in [2.05, 4.69) is 15.9 Å². The van der Waals surface area contributed by atoms with E-state index in [0.717, 1.165) is 15.7 Å². The first-order chi connectivity index (χ1) is 8.00. The zero-order chi connectivity index (χ0) is 12.6. The Morgan fingerprint density at radius 1 is 1.29 bits per heavy atom. The first-order valence-electron chi connectivity index (χ1n) is 5.27. The molecule has 5 heteroatoms. The molecule has 2 aromatic rings. The predicted octanol–water partition coefficient (Wildman–Crippen LogP) is 1.89. The first kappa shape index (κ1) is 12.0. The van der Waals surface area contributed by atoms with E-state index in [4.69, 9.17) is 5.73 Å². The Morgan fingerprint density at radius 2 is 1.88 bits per heavy atom. The van der Waals surface area contributed by atoms with E-state index in [1.54, 1.807) is 9.36 Å². The summed E-state index contributed by atoms with van der Waals surface area (Å²) >= 11 is 3.38. The highest BCUT2D eigenvalue weighted by Gasteiger charge is 2.11. The van der Waals surface area contributed by atoms with E-state index in [9.17, 15) is 4.79 Å². The molecule has 0 saturated heterocycles. The maximum atomic E-state index is 11.9. The summed E-state index contributed by atoms with van der Waals surface area (Å²) < 4.78 is 4.45. The molecule has 0 radical (unpaired) electrons. The monoisotopic (exact) mass is 295 g/mol. The van der Waals surface area contributed by atoms with Crippen molar-refractivity contribution in [3.63, 3.8) is 0 Å². The van der Waals surface area contributed by atoms with Crippen LogP contribution in [0.3, 0.4) is 0 Å². The second-order valence-corrected chi connectivity index (χ2v) is 4.93. The maximum Gasteiger partial charge on any atom is 0.290 e. The summed E-state index contributed by atoms with van der Waals surface area (Å²) in [6.45, 7) is 2.37. The summed E-state index contributed by atoms with van der Waals surface area (Å²) in [7, 11) is 1.84. The number of nitrogens with two attached hydrogens (primary N) is 1. The standard InChI is InChI=1S/C12H14BrN3O/c1-8-11(14)12(17)16(15(8)2)7-9-3-5-10(13)6-4-9/h3-6H,7,14H2,1-2H3. The molecule has 2 rings (SSSR count). The lowest BCUT2D eigenvalue weighted by Gasteiger charge is -2.08. The molecule has 0 unspecified atom stereocenters. The van der Waals surface area contributed by atoms with Gasteiger partial charge in [-0.25, -0.2) is 4.68 Å². The molecule has 0 aliphatic carbocycles. The van der Waals surface area contributed by atoms with Crippen molar-refractivity contribution in [3.05, 3.63) is 50.3 Å². The smallest absolute Gasteiger partial charge is 0.290 e. The van der Waals surface area contributed by atoms with Gasteiger partial charge >= 0.3 is 0 Å². The summed E-state index contributed by atoms with van der Waals surface area (Å²) in [5.74, 6) is 0. The lowest BCUT2D eigenvalue weighted by molar-refractivity contribution is 0.525. The molecular weight excluding hydrogens is 282 g/mol. The summed E-state index contributed by atoms with van der Waals surface area (Å²) in [5.41, 5.74) is 7.78. The molecule has 0 amide bonds. The molecule has 0 fully saturated rings. The number of halogens is 1. The number of benzene rings is 1. The van der Waals surface area contributed by atoms with Gasteiger partial charge in [-0.05, 0) is 24.6 Å². The highest BCUT2D eigenvalue weighted by atomic mass is 79.9. The Hall–Kier alpha value is -1.49. The average Bonchev–Trinajstić information content (AvgIpc) is 2.50. The van der Waals surface area contributed by atoms with Gasteiger partial charge in [0.05, 0.1) is 12.2 Å². The molecule has 0 bridgehead atoms. The van der Waals surface area contributed by atoms with Gasteiger partial charge in [0.25, 0.3) is 5.56 Å². The van der Waals surface area contributed by atoms with E-state index in [0.29, 0.717) is 12.2 Å². The predicted molar refractivity (Wildman–Crippen MR) is 72.1 cm³/mol. The number of nitrogen functional groups attached to an aromatic ring is 1. The van der Waals surface area contributed by atoms with Crippen LogP contribution in [0.1, 0.15) is 11.3 Å². The SMILES string of the molecule is Cc1c(N)c(=O)n(Cc2ccc(Br)cc2)n1C. The zero-order valence-electron chi connectivity index (χ0n) is 9.77. The van der Waals surface area contributed by atoms with Crippen LogP contribution >= 0.6 is 15.9 Å². The van der Waals surface area contributed by atoms with Gasteiger partial charge in [0, 0.05) is 11.5 Å². The van der Waals surface area contributed by atoms with Crippen LogP contribution in [0.4, 0.5) is 5.69 Å². The van der Waals surface area contributed by atoms with Crippen molar-refractivity contribution in [1.82, 2.24) is 9.36 Å². The van der Waals surface area contributed by atoms with Gasteiger partial charge in [0.1, 0.15) is 5.69 Å². The van der Waals surface area contributed by atoms with Crippen molar-refractivity contribution in [2.75, 3.05) is 5.73 Å². The van der Waals surface area contributed by atoms with Crippen LogP contribution in [-0.2, 0) is 13.6 Å². The second kappa shape index (κ2) is 4.41. The Morgan fingerprint density at radius 3 is 2.35 bits per heavy atom. The largest absolute Gasteiger partial charge is 0.393 e. The van der Waals surface area contributed by atoms with Gasteiger partial charge in [-0.3, -0.25) is 9.48 Å². The third-order valence-corrected chi connectivity index (χ3v) is 3.48. The van der Waals surface area contributed by atoms with E-state index in [1.165, 1.54) is 0 Å². The lowest BCUT2D eigenvalue weighted by Crippen LogP contribution is -2.23. The minimum Gasteiger partial charge on any atom is -0.393 e. The van der Waals surface area contributed by atoms with Crippen LogP contribution < -0.4 is 11.3 Å². The molecule has 17 heavy (non-hydrogen) atoms. The number of aromatic nitrogens is 2. The Labute approximate surface area is 108 Å². The zero-order valence-corrected chi connectivity index (χ0v) is 11.4. The third-order valence-electron chi connectivity index (χ3n) is 2.95. The van der Waals surface area contributed by atoms with Crippen molar-refractivity contribution in [2.24, 2.45) is 7.05 Å². The highest BCUT2D eigenvalue weighted by molar-refractivity contribution is 9.10. The molecule has 0 spiro atoms. The summed E-state index contributed by atoms with van der Waals surface area (Å²) in [6, 6.07) is 7.88. The van der Waals surface area contributed by atoms with Gasteiger partial charge < -0.3 is 5.73 Å². The summed E-state index contributed by atoms with van der Waals surface area (Å²) in [5, 5.41) is 0. The van der Waals surface area contributed by atoms with Gasteiger partial charge in [0.15, 0.2) is 0 Å². The van der Waals surface area contributed by atoms with Crippen molar-refractivity contribution in [2.45, 2.75) is 13.5 Å². The number of rotatable bonds is 2. The lowest BCUT2D eigenvalue weighted by atomic mass is 10.2. The third kappa shape index (κ3) is 2.15. The number of hydrogen-bond donors (Lipinski definition) is 1. The van der Waals surface area contributed by atoms with Crippen LogP contribution in [0.5, 0.6) is 0 Å². The molecule has 2 N–H and O–H groups in total. The fraction of sp³-hybridized carbons (Fsp3) is 0.250. The van der Waals surface area contributed by atoms with Crippen molar-refractivity contribution < 1.29 is 0 Å². The molecule has 0 aliphatic heterocycles.